The fraction of sp³-hybridized carbons (Fsp3) is 0.474. The molecule has 0 aromatic carbocycles. The molecule has 1 aromatic rings. The number of carboxylic acid groups (broad SMARTS) is 1. The van der Waals surface area contributed by atoms with Gasteiger partial charge in [0.25, 0.3) is 0 Å². The average Bonchev–Trinajstić information content (AvgIpc) is 3.10. The van der Waals surface area contributed by atoms with Gasteiger partial charge in [-0.05, 0) is 29.7 Å². The number of thioether (sulfide) groups is 1. The number of hydrogen-bond donors (Lipinski definition) is 2. The molecule has 0 spiro atoms. The Labute approximate surface area is 162 Å². The molecular formula is C19H25NO4S2. The van der Waals surface area contributed by atoms with Crippen LogP contribution >= 0.6 is 23.1 Å². The second-order valence-electron chi connectivity index (χ2n) is 6.13. The second kappa shape index (κ2) is 11.2. The van der Waals surface area contributed by atoms with Crippen molar-refractivity contribution in [1.29, 1.82) is 0 Å². The maximum absolute atomic E-state index is 12.2. The number of amides is 1. The number of aliphatic hydroxyl groups is 1. The number of piperidine rings is 1. The Kier molecular flexibility index (Phi) is 8.94. The highest BCUT2D eigenvalue weighted by atomic mass is 32.2. The molecule has 0 saturated carbocycles. The molecule has 1 aromatic heterocycles. The number of carbonyl (C=O) groups excluding carboxylic acids is 1. The van der Waals surface area contributed by atoms with E-state index in [1.807, 2.05) is 40.0 Å². The summed E-state index contributed by atoms with van der Waals surface area (Å²) in [6, 6.07) is 3.98. The second-order valence-corrected chi connectivity index (χ2v) is 8.17. The molecule has 0 aliphatic carbocycles. The van der Waals surface area contributed by atoms with E-state index in [4.69, 9.17) is 5.11 Å². The van der Waals surface area contributed by atoms with E-state index in [1.165, 1.54) is 11.8 Å². The van der Waals surface area contributed by atoms with Gasteiger partial charge < -0.3 is 15.1 Å². The molecule has 2 N–H and O–H groups in total. The van der Waals surface area contributed by atoms with E-state index in [0.717, 1.165) is 17.7 Å². The zero-order valence-electron chi connectivity index (χ0n) is 14.6. The highest BCUT2D eigenvalue weighted by molar-refractivity contribution is 8.02. The maximum Gasteiger partial charge on any atom is 0.304 e. The largest absolute Gasteiger partial charge is 0.481 e. The van der Waals surface area contributed by atoms with Crippen LogP contribution in [0.15, 0.2) is 41.1 Å². The number of aliphatic carboxylic acids is 1. The van der Waals surface area contributed by atoms with Gasteiger partial charge in [-0.1, -0.05) is 24.3 Å². The minimum Gasteiger partial charge on any atom is -0.481 e. The third-order valence-electron chi connectivity index (χ3n) is 4.09. The number of likely N-dealkylation sites (tertiary alicyclic amines) is 1. The Hall–Kier alpha value is -1.57. The van der Waals surface area contributed by atoms with Gasteiger partial charge in [-0.25, -0.2) is 0 Å². The van der Waals surface area contributed by atoms with Crippen LogP contribution in [0.5, 0.6) is 0 Å². The first-order valence-corrected chi connectivity index (χ1v) is 10.7. The van der Waals surface area contributed by atoms with Crippen LogP contribution in [-0.2, 0) is 16.0 Å². The number of carboxylic acids is 1. The van der Waals surface area contributed by atoms with E-state index in [0.29, 0.717) is 25.1 Å². The molecule has 0 bridgehead atoms. The van der Waals surface area contributed by atoms with Gasteiger partial charge in [-0.15, -0.1) is 23.1 Å². The van der Waals surface area contributed by atoms with Gasteiger partial charge in [0.15, 0.2) is 0 Å². The molecule has 7 heteroatoms. The van der Waals surface area contributed by atoms with Crippen LogP contribution < -0.4 is 0 Å². The summed E-state index contributed by atoms with van der Waals surface area (Å²) < 4.78 is 0. The lowest BCUT2D eigenvalue weighted by atomic mass is 10.00. The summed E-state index contributed by atoms with van der Waals surface area (Å²) in [5.74, 6) is -0.153. The third-order valence-corrected chi connectivity index (χ3v) is 5.81. The Morgan fingerprint density at radius 1 is 1.50 bits per heavy atom. The van der Waals surface area contributed by atoms with E-state index in [1.54, 1.807) is 17.4 Å². The van der Waals surface area contributed by atoms with Crippen LogP contribution in [0.4, 0.5) is 0 Å². The van der Waals surface area contributed by atoms with E-state index >= 15 is 0 Å². The van der Waals surface area contributed by atoms with Crippen LogP contribution in [0, 0.1) is 0 Å². The number of nitrogens with zero attached hydrogens (tertiary/aromatic N) is 1. The molecule has 1 amide bonds. The Bertz CT molecular complexity index is 627. The van der Waals surface area contributed by atoms with Crippen LogP contribution in [0.3, 0.4) is 0 Å². The van der Waals surface area contributed by atoms with Gasteiger partial charge in [0.05, 0.1) is 18.6 Å². The molecule has 5 nitrogen and oxygen atoms in total. The van der Waals surface area contributed by atoms with Gasteiger partial charge in [-0.3, -0.25) is 9.59 Å². The summed E-state index contributed by atoms with van der Waals surface area (Å²) in [5.41, 5.74) is 0. The van der Waals surface area contributed by atoms with Crippen LogP contribution in [0.1, 0.15) is 30.6 Å². The molecular weight excluding hydrogens is 370 g/mol. The predicted octanol–water partition coefficient (Wildman–Crippen LogP) is 3.31. The van der Waals surface area contributed by atoms with Crippen molar-refractivity contribution >= 4 is 35.0 Å². The van der Waals surface area contributed by atoms with Gasteiger partial charge >= 0.3 is 5.97 Å². The Balaban J connectivity index is 1.84. The highest BCUT2D eigenvalue weighted by Gasteiger charge is 2.25. The smallest absolute Gasteiger partial charge is 0.304 e. The molecule has 1 fully saturated rings. The van der Waals surface area contributed by atoms with Crippen molar-refractivity contribution in [2.24, 2.45) is 0 Å². The molecule has 1 aliphatic heterocycles. The fourth-order valence-electron chi connectivity index (χ4n) is 2.78. The highest BCUT2D eigenvalue weighted by Crippen LogP contribution is 2.20. The predicted molar refractivity (Wildman–Crippen MR) is 106 cm³/mol. The third kappa shape index (κ3) is 7.35. The van der Waals surface area contributed by atoms with Crippen molar-refractivity contribution in [3.8, 4) is 0 Å². The van der Waals surface area contributed by atoms with E-state index < -0.39 is 12.1 Å². The lowest BCUT2D eigenvalue weighted by molar-refractivity contribution is -0.136. The zero-order valence-corrected chi connectivity index (χ0v) is 16.3. The van der Waals surface area contributed by atoms with Crippen LogP contribution in [-0.4, -0.2) is 51.4 Å². The van der Waals surface area contributed by atoms with Crippen molar-refractivity contribution in [2.45, 2.75) is 44.2 Å². The van der Waals surface area contributed by atoms with Crippen molar-refractivity contribution in [2.75, 3.05) is 12.3 Å². The van der Waals surface area contributed by atoms with Crippen molar-refractivity contribution in [3.63, 3.8) is 0 Å². The van der Waals surface area contributed by atoms with Gasteiger partial charge in [0.2, 0.25) is 5.91 Å². The number of aliphatic hydroxyl groups excluding tert-OH is 1. The molecule has 2 heterocycles. The molecule has 1 saturated heterocycles. The fourth-order valence-corrected chi connectivity index (χ4v) is 4.19. The normalized spacial score (nSPS) is 19.5. The molecule has 1 aliphatic rings. The lowest BCUT2D eigenvalue weighted by Gasteiger charge is -2.33. The summed E-state index contributed by atoms with van der Waals surface area (Å²) >= 11 is 3.06. The zero-order chi connectivity index (χ0) is 18.8. The molecule has 2 atom stereocenters. The SMILES string of the molecule is O=C(O)CCSC=CCN1C(=O)CCC[C@@H]1C=CC(O)Cc1cccs1. The molecule has 2 rings (SSSR count). The first-order valence-electron chi connectivity index (χ1n) is 8.73. The summed E-state index contributed by atoms with van der Waals surface area (Å²) in [6.45, 7) is 0.509. The first kappa shape index (κ1) is 20.7. The van der Waals surface area contributed by atoms with Crippen molar-refractivity contribution in [1.82, 2.24) is 4.90 Å². The van der Waals surface area contributed by atoms with Crippen molar-refractivity contribution < 1.29 is 19.8 Å². The topological polar surface area (TPSA) is 77.8 Å². The summed E-state index contributed by atoms with van der Waals surface area (Å²) in [5, 5.41) is 22.6. The van der Waals surface area contributed by atoms with Gasteiger partial charge in [0, 0.05) is 30.0 Å². The van der Waals surface area contributed by atoms with E-state index in [9.17, 15) is 14.7 Å². The van der Waals surface area contributed by atoms with Gasteiger partial charge in [-0.2, -0.15) is 0 Å². The standard InChI is InChI=1S/C19H25NO4S2/c21-16(14-17-5-2-12-26-17)8-7-15-4-1-6-18(22)20(15)10-3-11-25-13-9-19(23)24/h2-3,5,7-8,11-12,15-16,21H,1,4,6,9-10,13-14H2,(H,23,24)/t15-,16?/m1/s1. The van der Waals surface area contributed by atoms with E-state index in [-0.39, 0.29) is 18.4 Å². The average molecular weight is 396 g/mol. The Morgan fingerprint density at radius 2 is 2.35 bits per heavy atom. The first-order chi connectivity index (χ1) is 12.6. The summed E-state index contributed by atoms with van der Waals surface area (Å²) in [7, 11) is 0. The molecule has 26 heavy (non-hydrogen) atoms. The van der Waals surface area contributed by atoms with Crippen molar-refractivity contribution in [3.05, 3.63) is 46.0 Å². The van der Waals surface area contributed by atoms with Crippen LogP contribution in [0.25, 0.3) is 0 Å². The monoisotopic (exact) mass is 395 g/mol. The van der Waals surface area contributed by atoms with Crippen LogP contribution in [0.2, 0.25) is 0 Å². The number of carbonyl (C=O) groups is 2. The molecule has 0 radical (unpaired) electrons. The molecule has 142 valence electrons. The summed E-state index contributed by atoms with van der Waals surface area (Å²) in [4.78, 5) is 25.7. The maximum atomic E-state index is 12.2. The summed E-state index contributed by atoms with van der Waals surface area (Å²) in [6.07, 6.45) is 8.13. The molecule has 1 unspecified atom stereocenters. The quantitative estimate of drug-likeness (QED) is 0.469. The Morgan fingerprint density at radius 3 is 3.08 bits per heavy atom. The number of hydrogen-bond acceptors (Lipinski definition) is 5. The van der Waals surface area contributed by atoms with Gasteiger partial charge in [0.1, 0.15) is 0 Å². The van der Waals surface area contributed by atoms with E-state index in [2.05, 4.69) is 0 Å². The minimum atomic E-state index is -0.802. The lowest BCUT2D eigenvalue weighted by Crippen LogP contribution is -2.42. The minimum absolute atomic E-state index is 0.00269. The number of thiophene rings is 1. The number of rotatable bonds is 10.